The van der Waals surface area contributed by atoms with E-state index in [1.165, 1.54) is 13.8 Å². The van der Waals surface area contributed by atoms with Crippen molar-refractivity contribution in [2.24, 2.45) is 5.92 Å². The molecule has 0 aliphatic carbocycles. The van der Waals surface area contributed by atoms with E-state index in [1.807, 2.05) is 0 Å². The fraction of sp³-hybridized carbons (Fsp3) is 0.875. The third kappa shape index (κ3) is 4.93. The summed E-state index contributed by atoms with van der Waals surface area (Å²) < 4.78 is 44.9. The van der Waals surface area contributed by atoms with Gasteiger partial charge >= 0.3 is 5.97 Å². The van der Waals surface area contributed by atoms with Gasteiger partial charge in [0.05, 0.1) is 11.5 Å². The Morgan fingerprint density at radius 1 is 1.12 bits per heavy atom. The molecule has 0 aromatic rings. The molecule has 8 heteroatoms. The molecule has 0 aromatic carbocycles. The first-order chi connectivity index (χ1) is 6.97. The van der Waals surface area contributed by atoms with Gasteiger partial charge in [0.1, 0.15) is 9.84 Å². The molecule has 0 aliphatic rings. The largest absolute Gasteiger partial charge is 0.480 e. The lowest BCUT2D eigenvalue weighted by Crippen LogP contribution is -2.38. The summed E-state index contributed by atoms with van der Waals surface area (Å²) in [6.45, 7) is 2.94. The molecular formula is C8H16O6S2. The molecule has 0 saturated carbocycles. The molecule has 1 N–H and O–H groups in total. The number of aliphatic carboxylic acids is 1. The highest BCUT2D eigenvalue weighted by Crippen LogP contribution is 2.14. The van der Waals surface area contributed by atoms with Gasteiger partial charge < -0.3 is 5.11 Å². The summed E-state index contributed by atoms with van der Waals surface area (Å²) in [5.74, 6) is -3.24. The number of carboxylic acids is 1. The van der Waals surface area contributed by atoms with Crippen LogP contribution in [0.25, 0.3) is 0 Å². The summed E-state index contributed by atoms with van der Waals surface area (Å²) in [6, 6.07) is 0. The number of sulfone groups is 2. The standard InChI is InChI=1S/C8H16O6S2/c1-6(2)7(8(9)10)16(13,14)5-4-15(3,11)12/h6-7H,4-5H2,1-3H3,(H,9,10). The second-order valence-corrected chi connectivity index (χ2v) is 8.50. The minimum absolute atomic E-state index is 0.550. The molecule has 0 aliphatic heterocycles. The van der Waals surface area contributed by atoms with E-state index in [1.54, 1.807) is 0 Å². The first-order valence-corrected chi connectivity index (χ1v) is 8.37. The molecule has 0 rings (SSSR count). The normalized spacial score (nSPS) is 15.0. The van der Waals surface area contributed by atoms with Crippen LogP contribution in [-0.4, -0.2) is 50.9 Å². The maximum atomic E-state index is 11.6. The second kappa shape index (κ2) is 5.13. The van der Waals surface area contributed by atoms with E-state index in [2.05, 4.69) is 0 Å². The van der Waals surface area contributed by atoms with Gasteiger partial charge in [-0.05, 0) is 5.92 Å². The molecule has 0 bridgehead atoms. The predicted octanol–water partition coefficient (Wildman–Crippen LogP) is -0.445. The first-order valence-electron chi connectivity index (χ1n) is 4.59. The van der Waals surface area contributed by atoms with Gasteiger partial charge in [0.15, 0.2) is 15.1 Å². The van der Waals surface area contributed by atoms with Crippen molar-refractivity contribution < 1.29 is 26.7 Å². The smallest absolute Gasteiger partial charge is 0.322 e. The monoisotopic (exact) mass is 272 g/mol. The van der Waals surface area contributed by atoms with Crippen molar-refractivity contribution in [2.45, 2.75) is 19.1 Å². The summed E-state index contributed by atoms with van der Waals surface area (Å²) in [4.78, 5) is 10.8. The summed E-state index contributed by atoms with van der Waals surface area (Å²) >= 11 is 0. The molecule has 0 spiro atoms. The Balaban J connectivity index is 4.97. The maximum absolute atomic E-state index is 11.6. The number of hydrogen-bond acceptors (Lipinski definition) is 5. The second-order valence-electron chi connectivity index (χ2n) is 4.00. The Kier molecular flexibility index (Phi) is 4.93. The lowest BCUT2D eigenvalue weighted by atomic mass is 10.1. The molecule has 1 atom stereocenters. The Morgan fingerprint density at radius 2 is 1.56 bits per heavy atom. The summed E-state index contributed by atoms with van der Waals surface area (Å²) in [6.07, 6.45) is 0.910. The van der Waals surface area contributed by atoms with Gasteiger partial charge in [0, 0.05) is 6.26 Å². The molecule has 0 fully saturated rings. The fourth-order valence-electron chi connectivity index (χ4n) is 1.25. The van der Waals surface area contributed by atoms with Gasteiger partial charge in [-0.15, -0.1) is 0 Å². The van der Waals surface area contributed by atoms with Crippen LogP contribution < -0.4 is 0 Å². The Hall–Kier alpha value is -0.630. The van der Waals surface area contributed by atoms with Gasteiger partial charge in [-0.2, -0.15) is 0 Å². The van der Waals surface area contributed by atoms with E-state index in [4.69, 9.17) is 5.11 Å². The molecule has 0 amide bonds. The van der Waals surface area contributed by atoms with Gasteiger partial charge in [0.2, 0.25) is 0 Å². The van der Waals surface area contributed by atoms with Gasteiger partial charge in [-0.1, -0.05) is 13.8 Å². The van der Waals surface area contributed by atoms with E-state index >= 15 is 0 Å². The van der Waals surface area contributed by atoms with Crippen LogP contribution in [0.15, 0.2) is 0 Å². The van der Waals surface area contributed by atoms with Gasteiger partial charge in [-0.25, -0.2) is 16.8 Å². The topological polar surface area (TPSA) is 106 Å². The van der Waals surface area contributed by atoms with Crippen LogP contribution in [0.5, 0.6) is 0 Å². The van der Waals surface area contributed by atoms with Crippen LogP contribution >= 0.6 is 0 Å². The van der Waals surface area contributed by atoms with Crippen molar-refractivity contribution in [3.63, 3.8) is 0 Å². The van der Waals surface area contributed by atoms with Crippen LogP contribution in [0.3, 0.4) is 0 Å². The van der Waals surface area contributed by atoms with Crippen LogP contribution in [-0.2, 0) is 24.5 Å². The Morgan fingerprint density at radius 3 is 1.81 bits per heavy atom. The SMILES string of the molecule is CC(C)C(C(=O)O)S(=O)(=O)CCS(C)(=O)=O. The minimum atomic E-state index is -3.93. The molecule has 0 radical (unpaired) electrons. The molecule has 0 heterocycles. The van der Waals surface area contributed by atoms with Crippen LogP contribution in [0, 0.1) is 5.92 Å². The van der Waals surface area contributed by atoms with Crippen molar-refractivity contribution in [2.75, 3.05) is 17.8 Å². The zero-order valence-electron chi connectivity index (χ0n) is 9.37. The van der Waals surface area contributed by atoms with Crippen LogP contribution in [0.1, 0.15) is 13.8 Å². The molecule has 0 saturated heterocycles. The molecule has 1 unspecified atom stereocenters. The molecular weight excluding hydrogens is 256 g/mol. The quantitative estimate of drug-likeness (QED) is 0.702. The van der Waals surface area contributed by atoms with Gasteiger partial charge in [0.25, 0.3) is 0 Å². The number of carboxylic acid groups (broad SMARTS) is 1. The maximum Gasteiger partial charge on any atom is 0.322 e. The first kappa shape index (κ1) is 15.4. The van der Waals surface area contributed by atoms with Crippen molar-refractivity contribution in [3.8, 4) is 0 Å². The van der Waals surface area contributed by atoms with Gasteiger partial charge in [-0.3, -0.25) is 4.79 Å². The van der Waals surface area contributed by atoms with E-state index < -0.39 is 48.3 Å². The average molecular weight is 272 g/mol. The number of carbonyl (C=O) groups is 1. The fourth-order valence-corrected chi connectivity index (χ4v) is 4.78. The lowest BCUT2D eigenvalue weighted by molar-refractivity contribution is -0.137. The Labute approximate surface area is 95.5 Å². The van der Waals surface area contributed by atoms with Crippen LogP contribution in [0.2, 0.25) is 0 Å². The van der Waals surface area contributed by atoms with E-state index in [9.17, 15) is 21.6 Å². The summed E-state index contributed by atoms with van der Waals surface area (Å²) in [5.41, 5.74) is 0. The number of rotatable bonds is 6. The number of hydrogen-bond donors (Lipinski definition) is 1. The highest BCUT2D eigenvalue weighted by atomic mass is 32.2. The van der Waals surface area contributed by atoms with Crippen molar-refractivity contribution in [3.05, 3.63) is 0 Å². The zero-order valence-corrected chi connectivity index (χ0v) is 11.0. The highest BCUT2D eigenvalue weighted by molar-refractivity contribution is 7.95. The molecule has 0 aromatic heterocycles. The average Bonchev–Trinajstić information content (AvgIpc) is 1.97. The zero-order chi connectivity index (χ0) is 13.1. The third-order valence-corrected chi connectivity index (χ3v) is 5.47. The van der Waals surface area contributed by atoms with E-state index in [-0.39, 0.29) is 0 Å². The molecule has 96 valence electrons. The molecule has 6 nitrogen and oxygen atoms in total. The van der Waals surface area contributed by atoms with Crippen molar-refractivity contribution in [1.82, 2.24) is 0 Å². The van der Waals surface area contributed by atoms with E-state index in [0.717, 1.165) is 6.26 Å². The Bertz CT molecular complexity index is 445. The van der Waals surface area contributed by atoms with Crippen molar-refractivity contribution >= 4 is 25.6 Å². The highest BCUT2D eigenvalue weighted by Gasteiger charge is 2.35. The van der Waals surface area contributed by atoms with E-state index in [0.29, 0.717) is 0 Å². The predicted molar refractivity (Wildman–Crippen MR) is 59.8 cm³/mol. The molecule has 16 heavy (non-hydrogen) atoms. The van der Waals surface area contributed by atoms with Crippen LogP contribution in [0.4, 0.5) is 0 Å². The summed E-state index contributed by atoms with van der Waals surface area (Å²) in [7, 11) is -7.35. The third-order valence-electron chi connectivity index (χ3n) is 1.97. The minimum Gasteiger partial charge on any atom is -0.480 e. The lowest BCUT2D eigenvalue weighted by Gasteiger charge is -2.16. The van der Waals surface area contributed by atoms with Crippen molar-refractivity contribution in [1.29, 1.82) is 0 Å². The summed E-state index contributed by atoms with van der Waals surface area (Å²) in [5, 5.41) is 7.23.